The van der Waals surface area contributed by atoms with Crippen molar-refractivity contribution in [3.63, 3.8) is 0 Å². The highest BCUT2D eigenvalue weighted by atomic mass is 16.8. The second-order valence-electron chi connectivity index (χ2n) is 24.8. The van der Waals surface area contributed by atoms with Crippen LogP contribution in [-0.2, 0) is 61.8 Å². The van der Waals surface area contributed by atoms with Gasteiger partial charge in [0.05, 0.1) is 43.0 Å². The molecule has 4 saturated heterocycles. The molecule has 0 spiro atoms. The number of aliphatic hydroxyl groups is 12. The van der Waals surface area contributed by atoms with E-state index in [-0.39, 0.29) is 18.6 Å². The van der Waals surface area contributed by atoms with Crippen molar-refractivity contribution in [2.24, 2.45) is 39.4 Å². The Morgan fingerprint density at radius 3 is 1.82 bits per heavy atom. The molecule has 8 aliphatic rings. The van der Waals surface area contributed by atoms with E-state index in [1.807, 2.05) is 0 Å². The summed E-state index contributed by atoms with van der Waals surface area (Å²) in [4.78, 5) is 55.8. The number of Topliss-reactive ketones (excluding diaryl/α,β-unsaturated/α-hetero) is 2. The van der Waals surface area contributed by atoms with E-state index >= 15 is 4.79 Å². The normalized spacial score (nSPS) is 48.8. The lowest BCUT2D eigenvalue weighted by molar-refractivity contribution is -0.362. The van der Waals surface area contributed by atoms with Crippen molar-refractivity contribution in [3.05, 3.63) is 35.6 Å². The van der Waals surface area contributed by atoms with Gasteiger partial charge in [0.15, 0.2) is 36.5 Å². The molecule has 27 unspecified atom stereocenters. The molecule has 25 heteroatoms. The van der Waals surface area contributed by atoms with Crippen molar-refractivity contribution in [1.82, 2.24) is 0 Å². The first-order chi connectivity index (χ1) is 36.5. The van der Waals surface area contributed by atoms with Crippen LogP contribution in [0.2, 0.25) is 0 Å². The zero-order chi connectivity index (χ0) is 58.8. The largest absolute Gasteiger partial charge is 0.459 e. The Bertz CT molecular complexity index is 2420. The molecule has 4 heterocycles. The predicted molar refractivity (Wildman–Crippen MR) is 265 cm³/mol. The zero-order valence-corrected chi connectivity index (χ0v) is 46.1. The van der Waals surface area contributed by atoms with Crippen molar-refractivity contribution >= 4 is 23.3 Å². The Morgan fingerprint density at radius 1 is 0.722 bits per heavy atom. The first-order valence-electron chi connectivity index (χ1n) is 26.8. The third kappa shape index (κ3) is 10.3. The van der Waals surface area contributed by atoms with Crippen LogP contribution in [0.25, 0.3) is 0 Å². The van der Waals surface area contributed by atoms with Gasteiger partial charge in [0.1, 0.15) is 84.1 Å². The van der Waals surface area contributed by atoms with Crippen LogP contribution in [0.1, 0.15) is 89.0 Å². The number of aliphatic hydroxyl groups excluding tert-OH is 11. The van der Waals surface area contributed by atoms with Crippen LogP contribution >= 0.6 is 0 Å². The fourth-order valence-electron chi connectivity index (χ4n) is 14.2. The zero-order valence-electron chi connectivity index (χ0n) is 46.1. The van der Waals surface area contributed by atoms with Crippen LogP contribution in [-0.4, -0.2) is 232 Å². The highest BCUT2D eigenvalue weighted by molar-refractivity contribution is 6.02. The molecule has 25 nitrogen and oxygen atoms in total. The van der Waals surface area contributed by atoms with Gasteiger partial charge in [0.2, 0.25) is 12.1 Å². The van der Waals surface area contributed by atoms with E-state index in [9.17, 15) is 75.7 Å². The fraction of sp³-hybridized carbons (Fsp3) is 0.815. The summed E-state index contributed by atoms with van der Waals surface area (Å²) in [5, 5.41) is 134. The molecule has 27 atom stereocenters. The summed E-state index contributed by atoms with van der Waals surface area (Å²) in [7, 11) is 0. The lowest BCUT2D eigenvalue weighted by Crippen LogP contribution is -2.67. The molecule has 2 saturated carbocycles. The number of carbonyl (C=O) groups excluding carboxylic acids is 4. The third-order valence-electron chi connectivity index (χ3n) is 18.8. The highest BCUT2D eigenvalue weighted by Gasteiger charge is 2.76. The summed E-state index contributed by atoms with van der Waals surface area (Å²) < 4.78 is 53.1. The van der Waals surface area contributed by atoms with E-state index < -0.39 is 210 Å². The summed E-state index contributed by atoms with van der Waals surface area (Å²) in [5.41, 5.74) is -8.77. The van der Waals surface area contributed by atoms with Crippen LogP contribution in [0.5, 0.6) is 0 Å². The minimum Gasteiger partial charge on any atom is -0.459 e. The Hall–Kier alpha value is -3.26. The number of carbonyl (C=O) groups is 4. The maximum Gasteiger partial charge on any atom is 0.303 e. The van der Waals surface area contributed by atoms with Crippen LogP contribution in [0.4, 0.5) is 0 Å². The Morgan fingerprint density at radius 2 is 1.28 bits per heavy atom. The number of fused-ring (bicyclic) bond motifs is 5. The van der Waals surface area contributed by atoms with Gasteiger partial charge < -0.3 is 104 Å². The Kier molecular flexibility index (Phi) is 17.0. The van der Waals surface area contributed by atoms with Crippen molar-refractivity contribution < 1.29 is 123 Å². The summed E-state index contributed by atoms with van der Waals surface area (Å²) in [6, 6.07) is 0. The van der Waals surface area contributed by atoms with E-state index in [4.69, 9.17) is 42.6 Å². The molecule has 4 aliphatic carbocycles. The van der Waals surface area contributed by atoms with Gasteiger partial charge >= 0.3 is 5.97 Å². The number of esters is 1. The van der Waals surface area contributed by atoms with E-state index in [0.717, 1.165) is 6.08 Å². The smallest absolute Gasteiger partial charge is 0.303 e. The molecular formula is C54H80O25. The van der Waals surface area contributed by atoms with Crippen molar-refractivity contribution in [1.29, 1.82) is 0 Å². The molecule has 0 aromatic heterocycles. The first-order valence-corrected chi connectivity index (χ1v) is 26.8. The quantitative estimate of drug-likeness (QED) is 0.0476. The maximum atomic E-state index is 15.3. The number of hydrogen-bond donors (Lipinski definition) is 12. The second-order valence-corrected chi connectivity index (χ2v) is 24.8. The van der Waals surface area contributed by atoms with Crippen molar-refractivity contribution in [2.75, 3.05) is 13.2 Å². The van der Waals surface area contributed by atoms with Crippen molar-refractivity contribution in [3.8, 4) is 0 Å². The average Bonchev–Trinajstić information content (AvgIpc) is 2.38. The van der Waals surface area contributed by atoms with Gasteiger partial charge in [-0.1, -0.05) is 32.4 Å². The number of rotatable bonds is 14. The standard InChI is InChI=1S/C54H80O25/c1-20-32(61)36(65)38(67)45(72-20)77-40-35(64)29(76-48-41(34(63)28(18-55)75-48)78-46-39(68)37(66)33(62)21(2)73-46)19-71-47(40)74-27-15-24-23(50(6,7)44(27)69)14-25(57)42-51(8)16-26(58)43(52(51,9)17-31(60)53(24,42)10)54(11,70)30(59)12-13-49(4,5)79-22(3)56/h12-15,20-21,24-26,28-29,32-43,45-48,55,57-58,61-68,70H,16-19H2,1-11H3. The molecule has 0 aromatic rings. The summed E-state index contributed by atoms with van der Waals surface area (Å²) in [6.07, 6.45) is -27.4. The maximum absolute atomic E-state index is 15.3. The van der Waals surface area contributed by atoms with Crippen LogP contribution in [0.3, 0.4) is 0 Å². The molecule has 79 heavy (non-hydrogen) atoms. The molecule has 6 fully saturated rings. The average molecular weight is 1130 g/mol. The molecule has 0 amide bonds. The molecule has 12 N–H and O–H groups in total. The van der Waals surface area contributed by atoms with Gasteiger partial charge in [-0.25, -0.2) is 0 Å². The number of ketones is 3. The third-order valence-corrected chi connectivity index (χ3v) is 18.8. The molecule has 446 valence electrons. The topological polar surface area (TPSA) is 394 Å². The molecular weight excluding hydrogens is 1050 g/mol. The Labute approximate surface area is 456 Å². The molecule has 4 aliphatic heterocycles. The van der Waals surface area contributed by atoms with E-state index in [0.29, 0.717) is 5.57 Å². The van der Waals surface area contributed by atoms with Crippen LogP contribution in [0.15, 0.2) is 35.6 Å². The minimum atomic E-state index is -2.28. The van der Waals surface area contributed by atoms with Gasteiger partial charge in [-0.15, -0.1) is 0 Å². The molecule has 0 radical (unpaired) electrons. The highest BCUT2D eigenvalue weighted by Crippen LogP contribution is 2.74. The predicted octanol–water partition coefficient (Wildman–Crippen LogP) is -2.77. The number of ether oxygens (including phenoxy) is 9. The monoisotopic (exact) mass is 1130 g/mol. The lowest BCUT2D eigenvalue weighted by Gasteiger charge is -2.64. The van der Waals surface area contributed by atoms with Gasteiger partial charge in [0, 0.05) is 36.5 Å². The molecule has 8 rings (SSSR count). The first kappa shape index (κ1) is 61.8. The van der Waals surface area contributed by atoms with Crippen molar-refractivity contribution in [2.45, 2.75) is 223 Å². The lowest BCUT2D eigenvalue weighted by atomic mass is 9.38. The van der Waals surface area contributed by atoms with Gasteiger partial charge in [-0.2, -0.15) is 0 Å². The van der Waals surface area contributed by atoms with Crippen LogP contribution in [0, 0.1) is 39.4 Å². The SMILES string of the molecule is CC(=O)OC(C)(C)C=CC(=O)C(C)(O)C1C(O)CC2(C)C3C(O)C=C4C(C=C(OC5OCC(OC6OC(CO)C(O)C6OC6OC(C)C(O)C(O)C6O)C(O)C5OC5OC(C)C(O)C(O)C5O)C(=O)C4(C)C)C3(C)C(=O)CC12C. The summed E-state index contributed by atoms with van der Waals surface area (Å²) >= 11 is 0. The molecule has 0 aromatic carbocycles. The second kappa shape index (κ2) is 21.7. The fourth-order valence-corrected chi connectivity index (χ4v) is 14.2. The van der Waals surface area contributed by atoms with Gasteiger partial charge in [-0.05, 0) is 83.9 Å². The summed E-state index contributed by atoms with van der Waals surface area (Å²) in [5.74, 6) is -6.19. The Balaban J connectivity index is 1.11. The van der Waals surface area contributed by atoms with Crippen LogP contribution < -0.4 is 0 Å². The van der Waals surface area contributed by atoms with E-state index in [1.165, 1.54) is 45.9 Å². The summed E-state index contributed by atoms with van der Waals surface area (Å²) in [6.45, 7) is 15.2. The van der Waals surface area contributed by atoms with Gasteiger partial charge in [0.25, 0.3) is 0 Å². The van der Waals surface area contributed by atoms with E-state index in [2.05, 4.69) is 0 Å². The van der Waals surface area contributed by atoms with Gasteiger partial charge in [-0.3, -0.25) is 19.2 Å². The molecule has 0 bridgehead atoms. The number of hydrogen-bond acceptors (Lipinski definition) is 25. The number of allylic oxidation sites excluding steroid dienone is 3. The van der Waals surface area contributed by atoms with E-state index in [1.54, 1.807) is 48.5 Å². The minimum absolute atomic E-state index is 0.0766.